The molecule has 6 heteroatoms. The minimum atomic E-state index is -0.354. The van der Waals surface area contributed by atoms with E-state index in [0.29, 0.717) is 35.5 Å². The highest BCUT2D eigenvalue weighted by Crippen LogP contribution is 2.29. The fraction of sp³-hybridized carbons (Fsp3) is 0.158. The van der Waals surface area contributed by atoms with Gasteiger partial charge in [-0.25, -0.2) is 14.4 Å². The summed E-state index contributed by atoms with van der Waals surface area (Å²) < 4.78 is 14.8. The van der Waals surface area contributed by atoms with Gasteiger partial charge in [-0.3, -0.25) is 0 Å². The monoisotopic (exact) mass is 336 g/mol. The Morgan fingerprint density at radius 2 is 1.76 bits per heavy atom. The zero-order valence-electron chi connectivity index (χ0n) is 13.5. The maximum absolute atomic E-state index is 14.8. The van der Waals surface area contributed by atoms with Crippen molar-refractivity contribution < 1.29 is 9.50 Å². The van der Waals surface area contributed by atoms with E-state index < -0.39 is 0 Å². The summed E-state index contributed by atoms with van der Waals surface area (Å²) in [6, 6.07) is 14.8. The molecule has 2 aromatic heterocycles. The molecule has 5 nitrogen and oxygen atoms in total. The number of para-hydroxylation sites is 2. The van der Waals surface area contributed by atoms with E-state index >= 15 is 0 Å². The number of aromatic amines is 1. The van der Waals surface area contributed by atoms with E-state index in [1.54, 1.807) is 12.1 Å². The molecule has 0 spiro atoms. The molecule has 0 radical (unpaired) electrons. The Labute approximate surface area is 143 Å². The molecule has 3 N–H and O–H groups in total. The van der Waals surface area contributed by atoms with Gasteiger partial charge in [0, 0.05) is 29.4 Å². The van der Waals surface area contributed by atoms with Crippen molar-refractivity contribution in [2.75, 3.05) is 18.5 Å². The minimum absolute atomic E-state index is 0.0967. The number of rotatable bonds is 5. The number of anilines is 1. The molecule has 0 unspecified atom stereocenters. The van der Waals surface area contributed by atoms with Crippen molar-refractivity contribution in [3.63, 3.8) is 0 Å². The first-order chi connectivity index (χ1) is 12.3. The summed E-state index contributed by atoms with van der Waals surface area (Å²) >= 11 is 0. The quantitative estimate of drug-likeness (QED) is 0.486. The average Bonchev–Trinajstić information content (AvgIpc) is 2.99. The normalized spacial score (nSPS) is 11.3. The molecule has 0 aliphatic rings. The number of aromatic nitrogens is 3. The van der Waals surface area contributed by atoms with Gasteiger partial charge in [0.2, 0.25) is 0 Å². The van der Waals surface area contributed by atoms with Gasteiger partial charge in [0.05, 0.1) is 5.52 Å². The molecule has 2 heterocycles. The first-order valence-corrected chi connectivity index (χ1v) is 8.16. The number of aliphatic hydroxyl groups is 1. The SMILES string of the molecule is OCCCNc1nc(-c2[nH]c3ccccc3c2F)nc2ccccc12. The molecule has 0 amide bonds. The van der Waals surface area contributed by atoms with E-state index in [9.17, 15) is 4.39 Å². The van der Waals surface area contributed by atoms with Crippen LogP contribution >= 0.6 is 0 Å². The number of H-pyrrole nitrogens is 1. The standard InChI is InChI=1S/C19H17FN4O/c20-16-12-6-1-3-8-14(12)22-17(16)19-23-15-9-4-2-7-13(15)18(24-19)21-10-5-11-25/h1-4,6-9,22,25H,5,10-11H2,(H,21,23,24). The van der Waals surface area contributed by atoms with Gasteiger partial charge in [0.25, 0.3) is 0 Å². The lowest BCUT2D eigenvalue weighted by Gasteiger charge is -2.10. The molecular weight excluding hydrogens is 319 g/mol. The third kappa shape index (κ3) is 2.81. The lowest BCUT2D eigenvalue weighted by Crippen LogP contribution is -2.07. The van der Waals surface area contributed by atoms with Crippen molar-refractivity contribution in [1.29, 1.82) is 0 Å². The number of hydrogen-bond acceptors (Lipinski definition) is 4. The zero-order valence-corrected chi connectivity index (χ0v) is 13.5. The van der Waals surface area contributed by atoms with Crippen molar-refractivity contribution >= 4 is 27.6 Å². The summed E-state index contributed by atoms with van der Waals surface area (Å²) in [6.07, 6.45) is 0.606. The Kier molecular flexibility index (Phi) is 4.03. The molecule has 0 saturated heterocycles. The van der Waals surface area contributed by atoms with Gasteiger partial charge >= 0.3 is 0 Å². The zero-order chi connectivity index (χ0) is 17.2. The van der Waals surface area contributed by atoms with E-state index in [-0.39, 0.29) is 18.1 Å². The van der Waals surface area contributed by atoms with Crippen LogP contribution < -0.4 is 5.32 Å². The fourth-order valence-electron chi connectivity index (χ4n) is 2.87. The molecule has 25 heavy (non-hydrogen) atoms. The molecule has 126 valence electrons. The number of nitrogens with one attached hydrogen (secondary N) is 2. The van der Waals surface area contributed by atoms with Crippen molar-refractivity contribution in [2.24, 2.45) is 0 Å². The Morgan fingerprint density at radius 3 is 2.56 bits per heavy atom. The predicted octanol–water partition coefficient (Wildman–Crippen LogP) is 3.71. The lowest BCUT2D eigenvalue weighted by atomic mass is 10.2. The number of hydrogen-bond donors (Lipinski definition) is 3. The van der Waals surface area contributed by atoms with Crippen LogP contribution in [0.15, 0.2) is 48.5 Å². The van der Waals surface area contributed by atoms with Gasteiger partial charge in [0.1, 0.15) is 11.5 Å². The molecular formula is C19H17FN4O. The highest BCUT2D eigenvalue weighted by atomic mass is 19.1. The van der Waals surface area contributed by atoms with Gasteiger partial charge in [-0.2, -0.15) is 0 Å². The van der Waals surface area contributed by atoms with Crippen LogP contribution in [0.3, 0.4) is 0 Å². The van der Waals surface area contributed by atoms with Gasteiger partial charge < -0.3 is 15.4 Å². The molecule has 0 fully saturated rings. The van der Waals surface area contributed by atoms with Crippen molar-refractivity contribution in [3.8, 4) is 11.5 Å². The van der Waals surface area contributed by atoms with E-state index in [1.165, 1.54) is 0 Å². The maximum Gasteiger partial charge on any atom is 0.181 e. The topological polar surface area (TPSA) is 73.8 Å². The molecule has 0 saturated carbocycles. The van der Waals surface area contributed by atoms with Crippen LogP contribution in [0.5, 0.6) is 0 Å². The van der Waals surface area contributed by atoms with E-state index in [1.807, 2.05) is 36.4 Å². The minimum Gasteiger partial charge on any atom is -0.396 e. The second-order valence-electron chi connectivity index (χ2n) is 5.78. The van der Waals surface area contributed by atoms with Crippen LogP contribution in [0.25, 0.3) is 33.3 Å². The van der Waals surface area contributed by atoms with E-state index in [2.05, 4.69) is 20.3 Å². The summed E-state index contributed by atoms with van der Waals surface area (Å²) in [5, 5.41) is 13.6. The average molecular weight is 336 g/mol. The van der Waals surface area contributed by atoms with Gasteiger partial charge in [-0.05, 0) is 30.7 Å². The highest BCUT2D eigenvalue weighted by molar-refractivity contribution is 5.92. The summed E-state index contributed by atoms with van der Waals surface area (Å²) in [5.74, 6) is 0.582. The molecule has 2 aromatic carbocycles. The number of benzene rings is 2. The van der Waals surface area contributed by atoms with Gasteiger partial charge in [0.15, 0.2) is 11.6 Å². The Hall–Kier alpha value is -2.99. The predicted molar refractivity (Wildman–Crippen MR) is 97.0 cm³/mol. The smallest absolute Gasteiger partial charge is 0.181 e. The molecule has 0 aliphatic carbocycles. The summed E-state index contributed by atoms with van der Waals surface area (Å²) in [5.41, 5.74) is 1.72. The van der Waals surface area contributed by atoms with Crippen molar-refractivity contribution in [3.05, 3.63) is 54.3 Å². The summed E-state index contributed by atoms with van der Waals surface area (Å²) in [4.78, 5) is 12.1. The van der Waals surface area contributed by atoms with Crippen LogP contribution in [0.1, 0.15) is 6.42 Å². The summed E-state index contributed by atoms with van der Waals surface area (Å²) in [7, 11) is 0. The molecule has 4 aromatic rings. The highest BCUT2D eigenvalue weighted by Gasteiger charge is 2.17. The Balaban J connectivity index is 1.87. The van der Waals surface area contributed by atoms with Gasteiger partial charge in [-0.1, -0.05) is 24.3 Å². The van der Waals surface area contributed by atoms with E-state index in [4.69, 9.17) is 5.11 Å². The molecule has 0 bridgehead atoms. The van der Waals surface area contributed by atoms with Crippen LogP contribution in [0.4, 0.5) is 10.2 Å². The van der Waals surface area contributed by atoms with Gasteiger partial charge in [-0.15, -0.1) is 0 Å². The third-order valence-corrected chi connectivity index (χ3v) is 4.10. The number of nitrogens with zero attached hydrogens (tertiary/aromatic N) is 2. The van der Waals surface area contributed by atoms with Crippen LogP contribution in [0.2, 0.25) is 0 Å². The molecule has 0 aliphatic heterocycles. The first-order valence-electron chi connectivity index (χ1n) is 8.16. The largest absolute Gasteiger partial charge is 0.396 e. The lowest BCUT2D eigenvalue weighted by molar-refractivity contribution is 0.292. The van der Waals surface area contributed by atoms with E-state index in [0.717, 1.165) is 10.9 Å². The third-order valence-electron chi connectivity index (χ3n) is 4.10. The first kappa shape index (κ1) is 15.5. The fourth-order valence-corrected chi connectivity index (χ4v) is 2.87. The second kappa shape index (κ2) is 6.49. The van der Waals surface area contributed by atoms with Crippen LogP contribution in [-0.4, -0.2) is 33.2 Å². The van der Waals surface area contributed by atoms with Crippen LogP contribution in [-0.2, 0) is 0 Å². The number of aliphatic hydroxyl groups excluding tert-OH is 1. The van der Waals surface area contributed by atoms with Crippen LogP contribution in [0, 0.1) is 5.82 Å². The molecule has 4 rings (SSSR count). The number of halogens is 1. The van der Waals surface area contributed by atoms with Crippen molar-refractivity contribution in [1.82, 2.24) is 15.0 Å². The second-order valence-corrected chi connectivity index (χ2v) is 5.78. The van der Waals surface area contributed by atoms with Crippen molar-refractivity contribution in [2.45, 2.75) is 6.42 Å². The molecule has 0 atom stereocenters. The maximum atomic E-state index is 14.8. The Bertz CT molecular complexity index is 1040. The summed E-state index contributed by atoms with van der Waals surface area (Å²) in [6.45, 7) is 0.672. The number of fused-ring (bicyclic) bond motifs is 2. The Morgan fingerprint density at radius 1 is 1.00 bits per heavy atom.